The van der Waals surface area contributed by atoms with E-state index in [4.69, 9.17) is 0 Å². The van der Waals surface area contributed by atoms with E-state index in [0.29, 0.717) is 0 Å². The molecule has 0 unspecified atom stereocenters. The number of hydrogen-bond donors (Lipinski definition) is 1. The second-order valence-corrected chi connectivity index (χ2v) is 4.62. The van der Waals surface area contributed by atoms with Gasteiger partial charge in [-0.3, -0.25) is 0 Å². The minimum absolute atomic E-state index is 0.805. The number of aryl methyl sites for hydroxylation is 1. The Hall–Kier alpha value is -1.03. The van der Waals surface area contributed by atoms with Crippen LogP contribution in [0.15, 0.2) is 12.4 Å². The number of anilines is 1. The minimum atomic E-state index is 0.805. The molecule has 1 aromatic rings. The number of aromatic nitrogens is 2. The van der Waals surface area contributed by atoms with Crippen LogP contribution in [0.3, 0.4) is 0 Å². The van der Waals surface area contributed by atoms with Gasteiger partial charge in [-0.15, -0.1) is 0 Å². The largest absolute Gasteiger partial charge is 0.355 e. The maximum Gasteiger partial charge on any atom is 0.202 e. The van der Waals surface area contributed by atoms with Gasteiger partial charge in [0.15, 0.2) is 0 Å². The van der Waals surface area contributed by atoms with Crippen molar-refractivity contribution in [2.24, 2.45) is 13.0 Å². The summed E-state index contributed by atoms with van der Waals surface area (Å²) >= 11 is 0. The molecule has 1 aromatic heterocycles. The summed E-state index contributed by atoms with van der Waals surface area (Å²) in [6.45, 7) is 7.00. The summed E-state index contributed by atoms with van der Waals surface area (Å²) in [6.07, 6.45) is 6.43. The second kappa shape index (κ2) is 5.34. The highest BCUT2D eigenvalue weighted by molar-refractivity contribution is 5.25. The molecule has 90 valence electrons. The standard InChI is InChI=1S/C12H22N4/c1-3-16-7-4-11(5-8-16)10-14-12-13-6-9-15(12)2/h6,9,11H,3-5,7-8,10H2,1-2H3,(H,13,14). The molecule has 0 saturated carbocycles. The Morgan fingerprint density at radius 2 is 2.19 bits per heavy atom. The molecule has 0 amide bonds. The van der Waals surface area contributed by atoms with Gasteiger partial charge in [0.2, 0.25) is 5.95 Å². The summed E-state index contributed by atoms with van der Waals surface area (Å²) in [7, 11) is 2.02. The van der Waals surface area contributed by atoms with E-state index in [1.807, 2.05) is 24.0 Å². The lowest BCUT2D eigenvalue weighted by Crippen LogP contribution is -2.35. The Balaban J connectivity index is 1.73. The van der Waals surface area contributed by atoms with Gasteiger partial charge in [-0.05, 0) is 38.4 Å². The van der Waals surface area contributed by atoms with Gasteiger partial charge in [0, 0.05) is 26.0 Å². The molecule has 0 atom stereocenters. The molecule has 0 aliphatic carbocycles. The first-order valence-electron chi connectivity index (χ1n) is 6.23. The van der Waals surface area contributed by atoms with Crippen molar-refractivity contribution >= 4 is 5.95 Å². The zero-order valence-electron chi connectivity index (χ0n) is 10.3. The molecule has 16 heavy (non-hydrogen) atoms. The number of imidazole rings is 1. The summed E-state index contributed by atoms with van der Waals surface area (Å²) < 4.78 is 2.03. The molecule has 1 aliphatic rings. The van der Waals surface area contributed by atoms with Gasteiger partial charge in [0.05, 0.1) is 0 Å². The molecule has 0 radical (unpaired) electrons. The third kappa shape index (κ3) is 2.76. The third-order valence-corrected chi connectivity index (χ3v) is 3.52. The van der Waals surface area contributed by atoms with Crippen LogP contribution in [0.1, 0.15) is 19.8 Å². The fraction of sp³-hybridized carbons (Fsp3) is 0.750. The fourth-order valence-corrected chi connectivity index (χ4v) is 2.28. The lowest BCUT2D eigenvalue weighted by Gasteiger charge is -2.31. The van der Waals surface area contributed by atoms with Gasteiger partial charge in [-0.1, -0.05) is 6.92 Å². The van der Waals surface area contributed by atoms with Crippen LogP contribution in [0.25, 0.3) is 0 Å². The number of rotatable bonds is 4. The zero-order valence-corrected chi connectivity index (χ0v) is 10.3. The van der Waals surface area contributed by atoms with Gasteiger partial charge in [-0.2, -0.15) is 0 Å². The lowest BCUT2D eigenvalue weighted by molar-refractivity contribution is 0.198. The van der Waals surface area contributed by atoms with Gasteiger partial charge in [0.25, 0.3) is 0 Å². The van der Waals surface area contributed by atoms with Crippen LogP contribution < -0.4 is 5.32 Å². The maximum absolute atomic E-state index is 4.27. The summed E-state index contributed by atoms with van der Waals surface area (Å²) in [5.74, 6) is 1.79. The van der Waals surface area contributed by atoms with Gasteiger partial charge < -0.3 is 14.8 Å². The smallest absolute Gasteiger partial charge is 0.202 e. The van der Waals surface area contributed by atoms with Crippen molar-refractivity contribution in [3.63, 3.8) is 0 Å². The van der Waals surface area contributed by atoms with Crippen LogP contribution in [0.2, 0.25) is 0 Å². The highest BCUT2D eigenvalue weighted by Gasteiger charge is 2.17. The molecule has 4 nitrogen and oxygen atoms in total. The number of hydrogen-bond acceptors (Lipinski definition) is 3. The Morgan fingerprint density at radius 1 is 1.44 bits per heavy atom. The van der Waals surface area contributed by atoms with E-state index in [1.54, 1.807) is 0 Å². The molecule has 0 spiro atoms. The first-order valence-corrected chi connectivity index (χ1v) is 6.23. The van der Waals surface area contributed by atoms with E-state index in [2.05, 4.69) is 22.1 Å². The van der Waals surface area contributed by atoms with Crippen LogP contribution in [-0.2, 0) is 7.05 Å². The first-order chi connectivity index (χ1) is 7.79. The highest BCUT2D eigenvalue weighted by atomic mass is 15.2. The summed E-state index contributed by atoms with van der Waals surface area (Å²) in [6, 6.07) is 0. The predicted octanol–water partition coefficient (Wildman–Crippen LogP) is 1.56. The zero-order chi connectivity index (χ0) is 11.4. The van der Waals surface area contributed by atoms with E-state index >= 15 is 0 Å². The molecule has 1 aliphatic heterocycles. The first kappa shape index (κ1) is 11.5. The summed E-state index contributed by atoms with van der Waals surface area (Å²) in [5, 5.41) is 3.43. The van der Waals surface area contributed by atoms with Crippen molar-refractivity contribution in [1.29, 1.82) is 0 Å². The molecule has 1 saturated heterocycles. The third-order valence-electron chi connectivity index (χ3n) is 3.52. The van der Waals surface area contributed by atoms with E-state index in [9.17, 15) is 0 Å². The fourth-order valence-electron chi connectivity index (χ4n) is 2.28. The SMILES string of the molecule is CCN1CCC(CNc2nccn2C)CC1. The van der Waals surface area contributed by atoms with E-state index in [0.717, 1.165) is 18.4 Å². The van der Waals surface area contributed by atoms with Crippen LogP contribution in [0.5, 0.6) is 0 Å². The van der Waals surface area contributed by atoms with Crippen molar-refractivity contribution in [3.8, 4) is 0 Å². The molecule has 1 fully saturated rings. The normalized spacial score (nSPS) is 18.9. The number of piperidine rings is 1. The summed E-state index contributed by atoms with van der Waals surface area (Å²) in [5.41, 5.74) is 0. The molecule has 0 aromatic carbocycles. The Morgan fingerprint density at radius 3 is 2.75 bits per heavy atom. The maximum atomic E-state index is 4.27. The van der Waals surface area contributed by atoms with E-state index in [-0.39, 0.29) is 0 Å². The van der Waals surface area contributed by atoms with Crippen molar-refractivity contribution in [2.45, 2.75) is 19.8 Å². The van der Waals surface area contributed by atoms with E-state index in [1.165, 1.54) is 32.5 Å². The Bertz CT molecular complexity index is 313. The average molecular weight is 222 g/mol. The number of nitrogens with zero attached hydrogens (tertiary/aromatic N) is 3. The molecule has 0 bridgehead atoms. The van der Waals surface area contributed by atoms with Crippen LogP contribution in [0.4, 0.5) is 5.95 Å². The van der Waals surface area contributed by atoms with E-state index < -0.39 is 0 Å². The van der Waals surface area contributed by atoms with Gasteiger partial charge >= 0.3 is 0 Å². The Kier molecular flexibility index (Phi) is 3.83. The van der Waals surface area contributed by atoms with Crippen molar-refractivity contribution in [3.05, 3.63) is 12.4 Å². The molecule has 2 heterocycles. The molecular formula is C12H22N4. The molecule has 4 heteroatoms. The lowest BCUT2D eigenvalue weighted by atomic mass is 9.97. The average Bonchev–Trinajstić information content (AvgIpc) is 2.73. The van der Waals surface area contributed by atoms with Crippen LogP contribution >= 0.6 is 0 Å². The molecular weight excluding hydrogens is 200 g/mol. The highest BCUT2D eigenvalue weighted by Crippen LogP contribution is 2.17. The topological polar surface area (TPSA) is 33.1 Å². The van der Waals surface area contributed by atoms with Crippen LogP contribution in [-0.4, -0.2) is 40.6 Å². The predicted molar refractivity (Wildman–Crippen MR) is 66.5 cm³/mol. The summed E-state index contributed by atoms with van der Waals surface area (Å²) in [4.78, 5) is 6.80. The van der Waals surface area contributed by atoms with Gasteiger partial charge in [0.1, 0.15) is 0 Å². The number of likely N-dealkylation sites (tertiary alicyclic amines) is 1. The number of nitrogens with one attached hydrogen (secondary N) is 1. The van der Waals surface area contributed by atoms with Crippen molar-refractivity contribution in [2.75, 3.05) is 31.5 Å². The monoisotopic (exact) mass is 222 g/mol. The second-order valence-electron chi connectivity index (χ2n) is 4.62. The van der Waals surface area contributed by atoms with Gasteiger partial charge in [-0.25, -0.2) is 4.98 Å². The molecule has 1 N–H and O–H groups in total. The Labute approximate surface area is 97.7 Å². The van der Waals surface area contributed by atoms with Crippen molar-refractivity contribution < 1.29 is 0 Å². The van der Waals surface area contributed by atoms with Crippen LogP contribution in [0, 0.1) is 5.92 Å². The minimum Gasteiger partial charge on any atom is -0.355 e. The molecule has 2 rings (SSSR count). The van der Waals surface area contributed by atoms with Crippen molar-refractivity contribution in [1.82, 2.24) is 14.5 Å². The quantitative estimate of drug-likeness (QED) is 0.839.